The standard InChI is InChI=1S/C10H12Br2N2/c11-9-7(4-6-14-10(9)12)8-3-1-2-5-13-8/h4,6,8,13H,1-3,5H2/t8-/m0/s1. The highest BCUT2D eigenvalue weighted by atomic mass is 79.9. The van der Waals surface area contributed by atoms with E-state index in [1.807, 2.05) is 6.20 Å². The largest absolute Gasteiger partial charge is 0.310 e. The van der Waals surface area contributed by atoms with Crippen LogP contribution in [0.1, 0.15) is 30.9 Å². The van der Waals surface area contributed by atoms with Gasteiger partial charge in [0, 0.05) is 12.2 Å². The van der Waals surface area contributed by atoms with Gasteiger partial charge in [0.05, 0.1) is 4.47 Å². The quantitative estimate of drug-likeness (QED) is 0.802. The van der Waals surface area contributed by atoms with E-state index in [-0.39, 0.29) is 0 Å². The third-order valence-corrected chi connectivity index (χ3v) is 4.53. The molecule has 0 radical (unpaired) electrons. The van der Waals surface area contributed by atoms with Crippen LogP contribution in [0.5, 0.6) is 0 Å². The Morgan fingerprint density at radius 3 is 2.93 bits per heavy atom. The topological polar surface area (TPSA) is 24.9 Å². The van der Waals surface area contributed by atoms with E-state index < -0.39 is 0 Å². The van der Waals surface area contributed by atoms with Crippen LogP contribution in [0.2, 0.25) is 0 Å². The molecule has 0 saturated carbocycles. The second kappa shape index (κ2) is 4.73. The molecule has 0 spiro atoms. The van der Waals surface area contributed by atoms with Crippen molar-refractivity contribution in [3.63, 3.8) is 0 Å². The van der Waals surface area contributed by atoms with E-state index in [2.05, 4.69) is 48.2 Å². The maximum absolute atomic E-state index is 4.18. The smallest absolute Gasteiger partial charge is 0.120 e. The Kier molecular flexibility index (Phi) is 3.57. The lowest BCUT2D eigenvalue weighted by Crippen LogP contribution is -2.27. The molecule has 0 amide bonds. The minimum Gasteiger partial charge on any atom is -0.310 e. The fourth-order valence-corrected chi connectivity index (χ4v) is 2.68. The minimum atomic E-state index is 0.484. The Bertz CT molecular complexity index is 322. The van der Waals surface area contributed by atoms with Gasteiger partial charge in [-0.1, -0.05) is 6.42 Å². The van der Waals surface area contributed by atoms with E-state index in [0.29, 0.717) is 6.04 Å². The van der Waals surface area contributed by atoms with Crippen molar-refractivity contribution < 1.29 is 0 Å². The molecule has 1 aromatic heterocycles. The van der Waals surface area contributed by atoms with Crippen LogP contribution in [-0.4, -0.2) is 11.5 Å². The number of halogens is 2. The molecule has 1 aliphatic rings. The van der Waals surface area contributed by atoms with Crippen LogP contribution in [0.25, 0.3) is 0 Å². The van der Waals surface area contributed by atoms with Crippen molar-refractivity contribution in [1.29, 1.82) is 0 Å². The summed E-state index contributed by atoms with van der Waals surface area (Å²) in [4.78, 5) is 4.18. The summed E-state index contributed by atoms with van der Waals surface area (Å²) in [5.41, 5.74) is 1.31. The molecular weight excluding hydrogens is 308 g/mol. The van der Waals surface area contributed by atoms with Gasteiger partial charge >= 0.3 is 0 Å². The number of piperidine rings is 1. The lowest BCUT2D eigenvalue weighted by Gasteiger charge is -2.24. The van der Waals surface area contributed by atoms with Crippen molar-refractivity contribution in [2.24, 2.45) is 0 Å². The Labute approximate surface area is 101 Å². The molecule has 76 valence electrons. The zero-order valence-electron chi connectivity index (χ0n) is 7.76. The SMILES string of the molecule is Brc1nccc([C@@H]2CCCCN2)c1Br. The molecule has 1 saturated heterocycles. The zero-order chi connectivity index (χ0) is 9.97. The van der Waals surface area contributed by atoms with Gasteiger partial charge < -0.3 is 5.32 Å². The highest BCUT2D eigenvalue weighted by molar-refractivity contribution is 9.13. The molecule has 1 aliphatic heterocycles. The van der Waals surface area contributed by atoms with Crippen molar-refractivity contribution in [3.8, 4) is 0 Å². The summed E-state index contributed by atoms with van der Waals surface area (Å²) in [5, 5.41) is 3.52. The van der Waals surface area contributed by atoms with Crippen LogP contribution >= 0.6 is 31.9 Å². The first-order chi connectivity index (χ1) is 6.79. The van der Waals surface area contributed by atoms with Crippen LogP contribution in [-0.2, 0) is 0 Å². The van der Waals surface area contributed by atoms with Gasteiger partial charge in [0.25, 0.3) is 0 Å². The van der Waals surface area contributed by atoms with E-state index >= 15 is 0 Å². The lowest BCUT2D eigenvalue weighted by atomic mass is 9.99. The first-order valence-electron chi connectivity index (χ1n) is 4.82. The number of nitrogens with zero attached hydrogens (tertiary/aromatic N) is 1. The normalized spacial score (nSPS) is 22.3. The van der Waals surface area contributed by atoms with Gasteiger partial charge in [0.2, 0.25) is 0 Å². The molecule has 2 nitrogen and oxygen atoms in total. The highest BCUT2D eigenvalue weighted by Crippen LogP contribution is 2.32. The molecule has 0 aromatic carbocycles. The average Bonchev–Trinajstić information content (AvgIpc) is 2.23. The number of nitrogens with one attached hydrogen (secondary N) is 1. The summed E-state index contributed by atoms with van der Waals surface area (Å²) >= 11 is 6.99. The molecule has 1 atom stereocenters. The molecule has 0 bridgehead atoms. The molecule has 2 rings (SSSR count). The predicted molar refractivity (Wildman–Crippen MR) is 64.2 cm³/mol. The molecule has 4 heteroatoms. The maximum Gasteiger partial charge on any atom is 0.120 e. The predicted octanol–water partition coefficient (Wildman–Crippen LogP) is 3.42. The summed E-state index contributed by atoms with van der Waals surface area (Å²) in [6.07, 6.45) is 5.67. The zero-order valence-corrected chi connectivity index (χ0v) is 10.9. The fourth-order valence-electron chi connectivity index (χ4n) is 1.82. The van der Waals surface area contributed by atoms with E-state index in [0.717, 1.165) is 15.6 Å². The van der Waals surface area contributed by atoms with E-state index in [1.165, 1.54) is 24.8 Å². The van der Waals surface area contributed by atoms with Gasteiger partial charge in [-0.2, -0.15) is 0 Å². The number of pyridine rings is 1. The van der Waals surface area contributed by atoms with Gasteiger partial charge in [-0.3, -0.25) is 0 Å². The molecule has 1 fully saturated rings. The van der Waals surface area contributed by atoms with Crippen LogP contribution in [0.3, 0.4) is 0 Å². The molecule has 1 N–H and O–H groups in total. The maximum atomic E-state index is 4.18. The number of aromatic nitrogens is 1. The van der Waals surface area contributed by atoms with Crippen LogP contribution in [0.15, 0.2) is 21.3 Å². The van der Waals surface area contributed by atoms with E-state index in [1.54, 1.807) is 0 Å². The van der Waals surface area contributed by atoms with Gasteiger partial charge in [-0.05, 0) is 62.9 Å². The molecule has 0 unspecified atom stereocenters. The van der Waals surface area contributed by atoms with Crippen LogP contribution in [0, 0.1) is 0 Å². The Balaban J connectivity index is 2.26. The van der Waals surface area contributed by atoms with Crippen LogP contribution < -0.4 is 5.32 Å². The fraction of sp³-hybridized carbons (Fsp3) is 0.500. The molecular formula is C10H12Br2N2. The third-order valence-electron chi connectivity index (χ3n) is 2.56. The Morgan fingerprint density at radius 1 is 1.36 bits per heavy atom. The van der Waals surface area contributed by atoms with E-state index in [4.69, 9.17) is 0 Å². The lowest BCUT2D eigenvalue weighted by molar-refractivity contribution is 0.411. The summed E-state index contributed by atoms with van der Waals surface area (Å²) in [5.74, 6) is 0. The summed E-state index contributed by atoms with van der Waals surface area (Å²) in [6, 6.07) is 2.56. The second-order valence-electron chi connectivity index (χ2n) is 3.51. The van der Waals surface area contributed by atoms with Gasteiger partial charge in [-0.25, -0.2) is 4.98 Å². The average molecular weight is 320 g/mol. The van der Waals surface area contributed by atoms with Crippen molar-refractivity contribution in [3.05, 3.63) is 26.9 Å². The summed E-state index contributed by atoms with van der Waals surface area (Å²) in [7, 11) is 0. The molecule has 14 heavy (non-hydrogen) atoms. The van der Waals surface area contributed by atoms with Crippen LogP contribution in [0.4, 0.5) is 0 Å². The first-order valence-corrected chi connectivity index (χ1v) is 6.41. The van der Waals surface area contributed by atoms with E-state index in [9.17, 15) is 0 Å². The number of hydrogen-bond donors (Lipinski definition) is 1. The van der Waals surface area contributed by atoms with Gasteiger partial charge in [0.1, 0.15) is 4.60 Å². The monoisotopic (exact) mass is 318 g/mol. The molecule has 2 heterocycles. The van der Waals surface area contributed by atoms with Crippen molar-refractivity contribution in [2.75, 3.05) is 6.54 Å². The number of hydrogen-bond acceptors (Lipinski definition) is 2. The Morgan fingerprint density at radius 2 is 2.21 bits per heavy atom. The Hall–Kier alpha value is 0.0700. The summed E-state index contributed by atoms with van der Waals surface area (Å²) in [6.45, 7) is 1.12. The minimum absolute atomic E-state index is 0.484. The highest BCUT2D eigenvalue weighted by Gasteiger charge is 2.18. The third kappa shape index (κ3) is 2.18. The number of rotatable bonds is 1. The summed E-state index contributed by atoms with van der Waals surface area (Å²) < 4.78 is 1.97. The van der Waals surface area contributed by atoms with Gasteiger partial charge in [0.15, 0.2) is 0 Å². The van der Waals surface area contributed by atoms with Crippen molar-refractivity contribution >= 4 is 31.9 Å². The molecule has 1 aromatic rings. The van der Waals surface area contributed by atoms with Crippen molar-refractivity contribution in [1.82, 2.24) is 10.3 Å². The molecule has 0 aliphatic carbocycles. The first kappa shape index (κ1) is 10.6. The van der Waals surface area contributed by atoms with Crippen molar-refractivity contribution in [2.45, 2.75) is 25.3 Å². The second-order valence-corrected chi connectivity index (χ2v) is 5.05. The van der Waals surface area contributed by atoms with Gasteiger partial charge in [-0.15, -0.1) is 0 Å².